The minimum absolute atomic E-state index is 0.0973. The highest BCUT2D eigenvalue weighted by Crippen LogP contribution is 2.22. The van der Waals surface area contributed by atoms with Crippen LogP contribution in [0.3, 0.4) is 0 Å². The number of hydrogen-bond donors (Lipinski definition) is 3. The number of rotatable bonds is 8. The SMILES string of the molecule is C=CCOCC(NC(=O)Cc1c(C)[nH]c2ccccc12)C(=O)O. The predicted octanol–water partition coefficient (Wildman–Crippen LogP) is 1.79. The van der Waals surface area contributed by atoms with Crippen molar-refractivity contribution in [3.8, 4) is 0 Å². The van der Waals surface area contributed by atoms with Crippen LogP contribution in [0.4, 0.5) is 0 Å². The number of carboxylic acid groups (broad SMARTS) is 1. The Bertz CT molecular complexity index is 720. The molecule has 122 valence electrons. The number of carboxylic acids is 1. The zero-order valence-electron chi connectivity index (χ0n) is 13.0. The topological polar surface area (TPSA) is 91.4 Å². The van der Waals surface area contributed by atoms with E-state index in [-0.39, 0.29) is 25.5 Å². The van der Waals surface area contributed by atoms with E-state index in [9.17, 15) is 9.59 Å². The number of nitrogens with one attached hydrogen (secondary N) is 2. The third kappa shape index (κ3) is 4.20. The summed E-state index contributed by atoms with van der Waals surface area (Å²) in [7, 11) is 0. The van der Waals surface area contributed by atoms with Gasteiger partial charge in [0.15, 0.2) is 6.04 Å². The molecule has 6 heteroatoms. The summed E-state index contributed by atoms with van der Waals surface area (Å²) in [5.74, 6) is -1.48. The number of carbonyl (C=O) groups excluding carboxylic acids is 1. The molecule has 0 saturated carbocycles. The van der Waals surface area contributed by atoms with Gasteiger partial charge in [-0.1, -0.05) is 24.3 Å². The van der Waals surface area contributed by atoms with Gasteiger partial charge >= 0.3 is 5.97 Å². The third-order valence-electron chi connectivity index (χ3n) is 3.52. The van der Waals surface area contributed by atoms with Gasteiger partial charge in [-0.05, 0) is 18.6 Å². The second-order valence-electron chi connectivity index (χ2n) is 5.24. The largest absolute Gasteiger partial charge is 0.480 e. The van der Waals surface area contributed by atoms with Gasteiger partial charge in [-0.2, -0.15) is 0 Å². The molecule has 1 aromatic heterocycles. The Hall–Kier alpha value is -2.60. The minimum Gasteiger partial charge on any atom is -0.480 e. The quantitative estimate of drug-likeness (QED) is 0.511. The number of hydrogen-bond acceptors (Lipinski definition) is 3. The van der Waals surface area contributed by atoms with Crippen LogP contribution in [-0.2, 0) is 20.7 Å². The molecular weight excluding hydrogens is 296 g/mol. The molecule has 0 aliphatic carbocycles. The zero-order chi connectivity index (χ0) is 16.8. The average Bonchev–Trinajstić information content (AvgIpc) is 2.82. The Labute approximate surface area is 134 Å². The average molecular weight is 316 g/mol. The van der Waals surface area contributed by atoms with Gasteiger partial charge in [0.2, 0.25) is 5.91 Å². The number of benzene rings is 1. The van der Waals surface area contributed by atoms with E-state index in [2.05, 4.69) is 16.9 Å². The lowest BCUT2D eigenvalue weighted by molar-refractivity contribution is -0.143. The molecule has 0 aliphatic heterocycles. The third-order valence-corrected chi connectivity index (χ3v) is 3.52. The van der Waals surface area contributed by atoms with Gasteiger partial charge in [0.05, 0.1) is 19.6 Å². The number of aromatic nitrogens is 1. The minimum atomic E-state index is -1.13. The molecule has 2 rings (SSSR count). The van der Waals surface area contributed by atoms with Crippen molar-refractivity contribution in [1.82, 2.24) is 10.3 Å². The van der Waals surface area contributed by atoms with Gasteiger partial charge in [-0.15, -0.1) is 6.58 Å². The van der Waals surface area contributed by atoms with Crippen LogP contribution >= 0.6 is 0 Å². The molecule has 1 atom stereocenters. The molecule has 0 saturated heterocycles. The summed E-state index contributed by atoms with van der Waals surface area (Å²) in [5.41, 5.74) is 2.72. The van der Waals surface area contributed by atoms with Crippen molar-refractivity contribution < 1.29 is 19.4 Å². The molecule has 3 N–H and O–H groups in total. The van der Waals surface area contributed by atoms with Crippen molar-refractivity contribution in [2.45, 2.75) is 19.4 Å². The number of ether oxygens (including phenoxy) is 1. The van der Waals surface area contributed by atoms with Crippen molar-refractivity contribution >= 4 is 22.8 Å². The molecule has 0 bridgehead atoms. The standard InChI is InChI=1S/C17H20N2O4/c1-3-8-23-10-15(17(21)22)19-16(20)9-13-11(2)18-14-7-5-4-6-12(13)14/h3-7,15,18H,1,8-10H2,2H3,(H,19,20)(H,21,22). The number of aryl methyl sites for hydroxylation is 1. The van der Waals surface area contributed by atoms with Gasteiger partial charge < -0.3 is 20.1 Å². The smallest absolute Gasteiger partial charge is 0.328 e. The molecule has 0 radical (unpaired) electrons. The maximum atomic E-state index is 12.2. The molecule has 1 unspecified atom stereocenters. The Morgan fingerprint density at radius 2 is 2.17 bits per heavy atom. The van der Waals surface area contributed by atoms with Crippen LogP contribution in [0.5, 0.6) is 0 Å². The molecule has 1 amide bonds. The van der Waals surface area contributed by atoms with Crippen LogP contribution in [0.2, 0.25) is 0 Å². The second-order valence-corrected chi connectivity index (χ2v) is 5.24. The van der Waals surface area contributed by atoms with Crippen LogP contribution in [0.1, 0.15) is 11.3 Å². The van der Waals surface area contributed by atoms with Crippen LogP contribution in [-0.4, -0.2) is 41.2 Å². The fourth-order valence-electron chi connectivity index (χ4n) is 2.41. The lowest BCUT2D eigenvalue weighted by Gasteiger charge is -2.14. The van der Waals surface area contributed by atoms with Gasteiger partial charge in [0.1, 0.15) is 0 Å². The molecule has 1 heterocycles. The number of para-hydroxylation sites is 1. The summed E-state index contributed by atoms with van der Waals surface area (Å²) in [6.07, 6.45) is 1.64. The Kier molecular flexibility index (Phi) is 5.54. The van der Waals surface area contributed by atoms with Crippen LogP contribution < -0.4 is 5.32 Å². The predicted molar refractivity (Wildman–Crippen MR) is 87.3 cm³/mol. The van der Waals surface area contributed by atoms with Gasteiger partial charge in [-0.25, -0.2) is 4.79 Å². The number of carbonyl (C=O) groups is 2. The molecule has 6 nitrogen and oxygen atoms in total. The summed E-state index contributed by atoms with van der Waals surface area (Å²) in [6.45, 7) is 5.52. The number of aromatic amines is 1. The maximum Gasteiger partial charge on any atom is 0.328 e. The normalized spacial score (nSPS) is 12.0. The fourth-order valence-corrected chi connectivity index (χ4v) is 2.41. The number of fused-ring (bicyclic) bond motifs is 1. The lowest BCUT2D eigenvalue weighted by atomic mass is 10.1. The first-order valence-electron chi connectivity index (χ1n) is 7.30. The Balaban J connectivity index is 2.06. The van der Waals surface area contributed by atoms with Crippen molar-refractivity contribution in [3.05, 3.63) is 48.2 Å². The molecule has 0 spiro atoms. The van der Waals surface area contributed by atoms with Gasteiger partial charge in [0, 0.05) is 16.6 Å². The van der Waals surface area contributed by atoms with E-state index in [4.69, 9.17) is 9.84 Å². The first-order valence-corrected chi connectivity index (χ1v) is 7.30. The summed E-state index contributed by atoms with van der Waals surface area (Å²) in [6, 6.07) is 6.61. The van der Waals surface area contributed by atoms with Crippen LogP contribution in [0.15, 0.2) is 36.9 Å². The highest BCUT2D eigenvalue weighted by molar-refractivity contribution is 5.91. The number of amides is 1. The Morgan fingerprint density at radius 3 is 2.87 bits per heavy atom. The highest BCUT2D eigenvalue weighted by atomic mass is 16.5. The van der Waals surface area contributed by atoms with E-state index in [1.807, 2.05) is 31.2 Å². The maximum absolute atomic E-state index is 12.2. The van der Waals surface area contributed by atoms with Crippen LogP contribution in [0, 0.1) is 6.92 Å². The van der Waals surface area contributed by atoms with Gasteiger partial charge in [-0.3, -0.25) is 4.79 Å². The van der Waals surface area contributed by atoms with E-state index >= 15 is 0 Å². The highest BCUT2D eigenvalue weighted by Gasteiger charge is 2.21. The second kappa shape index (κ2) is 7.60. The van der Waals surface area contributed by atoms with Crippen molar-refractivity contribution in [2.75, 3.05) is 13.2 Å². The molecule has 23 heavy (non-hydrogen) atoms. The van der Waals surface area contributed by atoms with E-state index in [0.29, 0.717) is 0 Å². The first kappa shape index (κ1) is 16.8. The van der Waals surface area contributed by atoms with Crippen molar-refractivity contribution in [3.63, 3.8) is 0 Å². The summed E-state index contributed by atoms with van der Waals surface area (Å²) >= 11 is 0. The Morgan fingerprint density at radius 1 is 1.43 bits per heavy atom. The molecule has 0 fully saturated rings. The molecule has 2 aromatic rings. The number of H-pyrrole nitrogens is 1. The van der Waals surface area contributed by atoms with Crippen molar-refractivity contribution in [2.24, 2.45) is 0 Å². The van der Waals surface area contributed by atoms with E-state index < -0.39 is 12.0 Å². The first-order chi connectivity index (χ1) is 11.0. The summed E-state index contributed by atoms with van der Waals surface area (Å²) in [5, 5.41) is 12.6. The monoisotopic (exact) mass is 316 g/mol. The van der Waals surface area contributed by atoms with E-state index in [0.717, 1.165) is 22.2 Å². The molecular formula is C17H20N2O4. The summed E-state index contributed by atoms with van der Waals surface area (Å²) < 4.78 is 5.12. The zero-order valence-corrected chi connectivity index (χ0v) is 13.0. The van der Waals surface area contributed by atoms with E-state index in [1.54, 1.807) is 0 Å². The summed E-state index contributed by atoms with van der Waals surface area (Å²) in [4.78, 5) is 26.6. The number of aliphatic carboxylic acids is 1. The molecule has 1 aromatic carbocycles. The van der Waals surface area contributed by atoms with Crippen molar-refractivity contribution in [1.29, 1.82) is 0 Å². The van der Waals surface area contributed by atoms with Crippen LogP contribution in [0.25, 0.3) is 10.9 Å². The molecule has 0 aliphatic rings. The fraction of sp³-hybridized carbons (Fsp3) is 0.294. The van der Waals surface area contributed by atoms with E-state index in [1.165, 1.54) is 6.08 Å². The lowest BCUT2D eigenvalue weighted by Crippen LogP contribution is -2.44. The van der Waals surface area contributed by atoms with Gasteiger partial charge in [0.25, 0.3) is 0 Å².